The number of nitrogen functional groups attached to an aromatic ring is 1. The fourth-order valence-electron chi connectivity index (χ4n) is 2.87. The Morgan fingerprint density at radius 3 is 2.30 bits per heavy atom. The van der Waals surface area contributed by atoms with Gasteiger partial charge in [-0.15, -0.1) is 0 Å². The number of aryl methyl sites for hydroxylation is 3. The molecule has 0 amide bonds. The molecule has 0 fully saturated rings. The number of hydrogen-bond acceptors (Lipinski definition) is 2. The van der Waals surface area contributed by atoms with E-state index in [1.807, 2.05) is 0 Å². The SMILES string of the molecule is COCCc1cccc(-c2c(C)cc(C)cc2C)c1N. The number of methoxy groups -OCH3 is 1. The van der Waals surface area contributed by atoms with Crippen molar-refractivity contribution in [3.8, 4) is 11.1 Å². The van der Waals surface area contributed by atoms with Crippen LogP contribution < -0.4 is 5.73 Å². The quantitative estimate of drug-likeness (QED) is 0.850. The number of para-hydroxylation sites is 1. The normalized spacial score (nSPS) is 10.8. The second-order valence-corrected chi connectivity index (χ2v) is 5.39. The van der Waals surface area contributed by atoms with Gasteiger partial charge >= 0.3 is 0 Å². The van der Waals surface area contributed by atoms with E-state index in [0.717, 1.165) is 23.2 Å². The lowest BCUT2D eigenvalue weighted by molar-refractivity contribution is 0.202. The summed E-state index contributed by atoms with van der Waals surface area (Å²) in [6, 6.07) is 10.7. The number of benzene rings is 2. The van der Waals surface area contributed by atoms with Crippen molar-refractivity contribution in [2.24, 2.45) is 0 Å². The van der Waals surface area contributed by atoms with E-state index in [9.17, 15) is 0 Å². The molecule has 106 valence electrons. The predicted octanol–water partition coefficient (Wildman–Crippen LogP) is 4.05. The van der Waals surface area contributed by atoms with Crippen molar-refractivity contribution in [1.82, 2.24) is 0 Å². The minimum Gasteiger partial charge on any atom is -0.398 e. The summed E-state index contributed by atoms with van der Waals surface area (Å²) >= 11 is 0. The first kappa shape index (κ1) is 14.6. The highest BCUT2D eigenvalue weighted by Gasteiger charge is 2.12. The van der Waals surface area contributed by atoms with Gasteiger partial charge in [0.25, 0.3) is 0 Å². The highest BCUT2D eigenvalue weighted by molar-refractivity contribution is 5.82. The van der Waals surface area contributed by atoms with E-state index in [1.54, 1.807) is 7.11 Å². The van der Waals surface area contributed by atoms with Crippen molar-refractivity contribution in [2.45, 2.75) is 27.2 Å². The molecule has 0 spiro atoms. The fraction of sp³-hybridized carbons (Fsp3) is 0.333. The van der Waals surface area contributed by atoms with Gasteiger partial charge in [0.1, 0.15) is 0 Å². The fourth-order valence-corrected chi connectivity index (χ4v) is 2.87. The lowest BCUT2D eigenvalue weighted by Gasteiger charge is -2.16. The lowest BCUT2D eigenvalue weighted by atomic mass is 9.91. The minimum absolute atomic E-state index is 0.694. The molecule has 2 aromatic carbocycles. The van der Waals surface area contributed by atoms with Crippen molar-refractivity contribution in [3.63, 3.8) is 0 Å². The maximum atomic E-state index is 6.38. The van der Waals surface area contributed by atoms with E-state index >= 15 is 0 Å². The molecule has 0 aliphatic rings. The molecular weight excluding hydrogens is 246 g/mol. The standard InChI is InChI=1S/C18H23NO/c1-12-10-13(2)17(14(3)11-12)16-7-5-6-15(18(16)19)8-9-20-4/h5-7,10-11H,8-9,19H2,1-4H3. The van der Waals surface area contributed by atoms with Crippen molar-refractivity contribution < 1.29 is 4.74 Å². The van der Waals surface area contributed by atoms with Crippen LogP contribution in [-0.2, 0) is 11.2 Å². The number of rotatable bonds is 4. The summed E-state index contributed by atoms with van der Waals surface area (Å²) in [5.41, 5.74) is 14.6. The summed E-state index contributed by atoms with van der Waals surface area (Å²) in [5.74, 6) is 0. The summed E-state index contributed by atoms with van der Waals surface area (Å²) in [6.45, 7) is 7.12. The Hall–Kier alpha value is -1.80. The Morgan fingerprint density at radius 2 is 1.70 bits per heavy atom. The third-order valence-electron chi connectivity index (χ3n) is 3.72. The van der Waals surface area contributed by atoms with Crippen LogP contribution >= 0.6 is 0 Å². The molecule has 0 aliphatic heterocycles. The summed E-state index contributed by atoms with van der Waals surface area (Å²) in [5, 5.41) is 0. The van der Waals surface area contributed by atoms with Crippen LogP contribution in [0.15, 0.2) is 30.3 Å². The highest BCUT2D eigenvalue weighted by atomic mass is 16.5. The first-order chi connectivity index (χ1) is 9.54. The summed E-state index contributed by atoms with van der Waals surface area (Å²) in [7, 11) is 1.72. The van der Waals surface area contributed by atoms with Gasteiger partial charge < -0.3 is 10.5 Å². The van der Waals surface area contributed by atoms with Gasteiger partial charge in [0.2, 0.25) is 0 Å². The topological polar surface area (TPSA) is 35.2 Å². The summed E-state index contributed by atoms with van der Waals surface area (Å²) in [6.07, 6.45) is 0.847. The van der Waals surface area contributed by atoms with Gasteiger partial charge in [0.05, 0.1) is 6.61 Å². The van der Waals surface area contributed by atoms with Gasteiger partial charge in [-0.1, -0.05) is 35.9 Å². The molecule has 2 aromatic rings. The monoisotopic (exact) mass is 269 g/mol. The van der Waals surface area contributed by atoms with E-state index in [4.69, 9.17) is 10.5 Å². The van der Waals surface area contributed by atoms with Crippen LogP contribution in [0.4, 0.5) is 5.69 Å². The molecule has 0 aliphatic carbocycles. The Kier molecular flexibility index (Phi) is 4.46. The van der Waals surface area contributed by atoms with Crippen molar-refractivity contribution in [1.29, 1.82) is 0 Å². The molecular formula is C18H23NO. The van der Waals surface area contributed by atoms with E-state index in [0.29, 0.717) is 6.61 Å². The second-order valence-electron chi connectivity index (χ2n) is 5.39. The van der Waals surface area contributed by atoms with Crippen LogP contribution in [0, 0.1) is 20.8 Å². The molecule has 2 rings (SSSR count). The highest BCUT2D eigenvalue weighted by Crippen LogP contribution is 2.34. The Labute approximate surface area is 121 Å². The molecule has 0 radical (unpaired) electrons. The van der Waals surface area contributed by atoms with Gasteiger partial charge in [-0.2, -0.15) is 0 Å². The smallest absolute Gasteiger partial charge is 0.0503 e. The van der Waals surface area contributed by atoms with Crippen molar-refractivity contribution >= 4 is 5.69 Å². The van der Waals surface area contributed by atoms with Gasteiger partial charge in [-0.05, 0) is 49.4 Å². The number of hydrogen-bond donors (Lipinski definition) is 1. The number of nitrogens with two attached hydrogens (primary N) is 1. The average molecular weight is 269 g/mol. The van der Waals surface area contributed by atoms with Crippen LogP contribution in [-0.4, -0.2) is 13.7 Å². The van der Waals surface area contributed by atoms with Gasteiger partial charge in [-0.25, -0.2) is 0 Å². The number of ether oxygens (including phenoxy) is 1. The van der Waals surface area contributed by atoms with Crippen LogP contribution in [0.1, 0.15) is 22.3 Å². The molecule has 2 heteroatoms. The molecule has 20 heavy (non-hydrogen) atoms. The van der Waals surface area contributed by atoms with Gasteiger partial charge in [0.15, 0.2) is 0 Å². The molecule has 2 N–H and O–H groups in total. The summed E-state index contributed by atoms with van der Waals surface area (Å²) in [4.78, 5) is 0. The largest absolute Gasteiger partial charge is 0.398 e. The minimum atomic E-state index is 0.694. The summed E-state index contributed by atoms with van der Waals surface area (Å²) < 4.78 is 5.15. The molecule has 0 saturated carbocycles. The van der Waals surface area contributed by atoms with Crippen LogP contribution in [0.5, 0.6) is 0 Å². The van der Waals surface area contributed by atoms with Crippen LogP contribution in [0.25, 0.3) is 11.1 Å². The zero-order chi connectivity index (χ0) is 14.7. The molecule has 0 atom stereocenters. The van der Waals surface area contributed by atoms with Crippen LogP contribution in [0.2, 0.25) is 0 Å². The maximum Gasteiger partial charge on any atom is 0.0503 e. The third-order valence-corrected chi connectivity index (χ3v) is 3.72. The second kappa shape index (κ2) is 6.10. The predicted molar refractivity (Wildman–Crippen MR) is 86.1 cm³/mol. The zero-order valence-corrected chi connectivity index (χ0v) is 12.8. The molecule has 2 nitrogen and oxygen atoms in total. The molecule has 0 aromatic heterocycles. The van der Waals surface area contributed by atoms with Crippen molar-refractivity contribution in [3.05, 3.63) is 52.6 Å². The van der Waals surface area contributed by atoms with Crippen LogP contribution in [0.3, 0.4) is 0 Å². The molecule has 0 heterocycles. The first-order valence-electron chi connectivity index (χ1n) is 6.99. The van der Waals surface area contributed by atoms with Gasteiger partial charge in [-0.3, -0.25) is 0 Å². The Bertz CT molecular complexity index is 594. The zero-order valence-electron chi connectivity index (χ0n) is 12.8. The first-order valence-corrected chi connectivity index (χ1v) is 6.99. The number of anilines is 1. The molecule has 0 unspecified atom stereocenters. The Morgan fingerprint density at radius 1 is 1.05 bits per heavy atom. The van der Waals surface area contributed by atoms with E-state index in [1.165, 1.54) is 22.3 Å². The average Bonchev–Trinajstić information content (AvgIpc) is 2.38. The van der Waals surface area contributed by atoms with E-state index < -0.39 is 0 Å². The molecule has 0 bridgehead atoms. The van der Waals surface area contributed by atoms with E-state index in [2.05, 4.69) is 51.1 Å². The lowest BCUT2D eigenvalue weighted by Crippen LogP contribution is -2.02. The van der Waals surface area contributed by atoms with E-state index in [-0.39, 0.29) is 0 Å². The van der Waals surface area contributed by atoms with Crippen molar-refractivity contribution in [2.75, 3.05) is 19.5 Å². The third kappa shape index (κ3) is 2.86. The van der Waals surface area contributed by atoms with Gasteiger partial charge in [0, 0.05) is 18.4 Å². The molecule has 0 saturated heterocycles. The Balaban J connectivity index is 2.53. The maximum absolute atomic E-state index is 6.38.